The third-order valence-electron chi connectivity index (χ3n) is 2.54. The minimum absolute atomic E-state index is 0.838. The lowest BCUT2D eigenvalue weighted by Crippen LogP contribution is -1.77. The molecule has 0 unspecified atom stereocenters. The maximum atomic E-state index is 5.05. The Balaban J connectivity index is 2.27. The Labute approximate surface area is 101 Å². The molecule has 0 radical (unpaired) electrons. The average Bonchev–Trinajstić information content (AvgIpc) is 2.82. The molecule has 0 bridgehead atoms. The molecule has 3 aromatic rings. The highest BCUT2D eigenvalue weighted by molar-refractivity contribution is 9.10. The van der Waals surface area contributed by atoms with E-state index in [9.17, 15) is 0 Å². The lowest BCUT2D eigenvalue weighted by molar-refractivity contribution is 0.568. The highest BCUT2D eigenvalue weighted by Gasteiger charge is 2.08. The molecule has 2 heterocycles. The van der Waals surface area contributed by atoms with E-state index >= 15 is 0 Å². The van der Waals surface area contributed by atoms with Crippen molar-refractivity contribution in [3.05, 3.63) is 40.8 Å². The maximum Gasteiger partial charge on any atom is 0.141 e. The normalized spacial score (nSPS) is 11.1. The molecule has 0 saturated carbocycles. The van der Waals surface area contributed by atoms with Gasteiger partial charge < -0.3 is 9.40 Å². The Morgan fingerprint density at radius 1 is 1.38 bits per heavy atom. The van der Waals surface area contributed by atoms with E-state index in [4.69, 9.17) is 4.42 Å². The van der Waals surface area contributed by atoms with Crippen LogP contribution >= 0.6 is 15.9 Å². The summed E-state index contributed by atoms with van der Waals surface area (Å²) in [5, 5.41) is 0. The first-order chi connectivity index (χ1) is 7.74. The number of rotatable bonds is 1. The quantitative estimate of drug-likeness (QED) is 0.733. The molecule has 0 spiro atoms. The maximum absolute atomic E-state index is 5.05. The van der Waals surface area contributed by atoms with Crippen molar-refractivity contribution in [3.63, 3.8) is 0 Å². The number of H-pyrrole nitrogens is 1. The van der Waals surface area contributed by atoms with Crippen LogP contribution in [0.2, 0.25) is 0 Å². The van der Waals surface area contributed by atoms with Gasteiger partial charge in [-0.15, -0.1) is 0 Å². The van der Waals surface area contributed by atoms with Gasteiger partial charge >= 0.3 is 0 Å². The summed E-state index contributed by atoms with van der Waals surface area (Å²) in [6, 6.07) is 5.98. The topological polar surface area (TPSA) is 41.8 Å². The Morgan fingerprint density at radius 3 is 3.00 bits per heavy atom. The number of aromatic amines is 1. The van der Waals surface area contributed by atoms with Gasteiger partial charge in [-0.1, -0.05) is 15.9 Å². The van der Waals surface area contributed by atoms with E-state index in [1.165, 1.54) is 0 Å². The van der Waals surface area contributed by atoms with Crippen molar-refractivity contribution in [2.24, 2.45) is 0 Å². The molecule has 80 valence electrons. The number of furan rings is 1. The highest BCUT2D eigenvalue weighted by atomic mass is 79.9. The van der Waals surface area contributed by atoms with E-state index in [0.29, 0.717) is 0 Å². The molecule has 0 saturated heterocycles. The van der Waals surface area contributed by atoms with Crippen LogP contribution in [0.15, 0.2) is 39.6 Å². The summed E-state index contributed by atoms with van der Waals surface area (Å²) in [7, 11) is 0. The molecule has 0 aliphatic carbocycles. The molecule has 0 amide bonds. The zero-order valence-corrected chi connectivity index (χ0v) is 10.2. The summed E-state index contributed by atoms with van der Waals surface area (Å²) < 4.78 is 6.11. The van der Waals surface area contributed by atoms with Crippen molar-refractivity contribution < 1.29 is 4.42 Å². The molecule has 1 aromatic carbocycles. The smallest absolute Gasteiger partial charge is 0.141 e. The average molecular weight is 277 g/mol. The molecule has 0 atom stereocenters. The fourth-order valence-corrected chi connectivity index (χ4v) is 2.35. The molecular formula is C12H9BrN2O. The number of benzene rings is 1. The molecule has 0 aliphatic rings. The van der Waals surface area contributed by atoms with Gasteiger partial charge in [-0.05, 0) is 30.7 Å². The van der Waals surface area contributed by atoms with E-state index < -0.39 is 0 Å². The summed E-state index contributed by atoms with van der Waals surface area (Å²) in [4.78, 5) is 7.84. The number of imidazole rings is 1. The first-order valence-corrected chi connectivity index (χ1v) is 5.72. The van der Waals surface area contributed by atoms with Gasteiger partial charge in [0.1, 0.15) is 12.1 Å². The third kappa shape index (κ3) is 1.46. The van der Waals surface area contributed by atoms with Crippen molar-refractivity contribution >= 4 is 27.0 Å². The van der Waals surface area contributed by atoms with Crippen LogP contribution < -0.4 is 0 Å². The molecule has 3 rings (SSSR count). The first kappa shape index (κ1) is 9.66. The van der Waals surface area contributed by atoms with E-state index in [1.807, 2.05) is 19.1 Å². The van der Waals surface area contributed by atoms with Crippen molar-refractivity contribution in [3.8, 4) is 11.4 Å². The molecular weight excluding hydrogens is 268 g/mol. The van der Waals surface area contributed by atoms with Crippen molar-refractivity contribution in [1.82, 2.24) is 9.97 Å². The van der Waals surface area contributed by atoms with Crippen LogP contribution in [0.1, 0.15) is 5.56 Å². The zero-order chi connectivity index (χ0) is 11.1. The summed E-state index contributed by atoms with van der Waals surface area (Å²) >= 11 is 3.47. The second-order valence-corrected chi connectivity index (χ2v) is 4.63. The van der Waals surface area contributed by atoms with E-state index in [-0.39, 0.29) is 0 Å². The van der Waals surface area contributed by atoms with Gasteiger partial charge in [-0.3, -0.25) is 0 Å². The number of fused-ring (bicyclic) bond motifs is 1. The van der Waals surface area contributed by atoms with Gasteiger partial charge in [0.15, 0.2) is 0 Å². The molecule has 2 aromatic heterocycles. The van der Waals surface area contributed by atoms with Gasteiger partial charge in [0.05, 0.1) is 22.9 Å². The molecule has 16 heavy (non-hydrogen) atoms. The standard InChI is InChI=1S/C12H9BrN2O/c1-7-4-9(13)5-10-11(7)15-12(14-10)8-2-3-16-6-8/h2-6H,1H3,(H,14,15). The van der Waals surface area contributed by atoms with Gasteiger partial charge in [-0.25, -0.2) is 4.98 Å². The third-order valence-corrected chi connectivity index (χ3v) is 2.99. The predicted molar refractivity (Wildman–Crippen MR) is 66.2 cm³/mol. The van der Waals surface area contributed by atoms with Crippen LogP contribution in [0.3, 0.4) is 0 Å². The number of aromatic nitrogens is 2. The summed E-state index contributed by atoms with van der Waals surface area (Å²) in [5.74, 6) is 0.838. The second-order valence-electron chi connectivity index (χ2n) is 3.72. The number of nitrogens with one attached hydrogen (secondary N) is 1. The highest BCUT2D eigenvalue weighted by Crippen LogP contribution is 2.25. The van der Waals surface area contributed by atoms with Crippen LogP contribution in [0, 0.1) is 6.92 Å². The largest absolute Gasteiger partial charge is 0.472 e. The van der Waals surface area contributed by atoms with Gasteiger partial charge in [0, 0.05) is 4.47 Å². The first-order valence-electron chi connectivity index (χ1n) is 4.92. The molecule has 4 heteroatoms. The SMILES string of the molecule is Cc1cc(Br)cc2[nH]c(-c3ccoc3)nc12. The van der Waals surface area contributed by atoms with Crippen LogP contribution in [-0.4, -0.2) is 9.97 Å². The minimum atomic E-state index is 0.838. The van der Waals surface area contributed by atoms with Crippen molar-refractivity contribution in [2.45, 2.75) is 6.92 Å². The zero-order valence-electron chi connectivity index (χ0n) is 8.62. The van der Waals surface area contributed by atoms with E-state index in [2.05, 4.69) is 32.0 Å². The molecule has 0 fully saturated rings. The summed E-state index contributed by atoms with van der Waals surface area (Å²) in [6.45, 7) is 2.05. The fraction of sp³-hybridized carbons (Fsp3) is 0.0833. The van der Waals surface area contributed by atoms with Crippen molar-refractivity contribution in [2.75, 3.05) is 0 Å². The Hall–Kier alpha value is -1.55. The summed E-state index contributed by atoms with van der Waals surface area (Å²) in [6.07, 6.45) is 3.33. The lowest BCUT2D eigenvalue weighted by atomic mass is 10.2. The molecule has 0 aliphatic heterocycles. The molecule has 1 N–H and O–H groups in total. The fourth-order valence-electron chi connectivity index (χ4n) is 1.78. The van der Waals surface area contributed by atoms with Crippen LogP contribution in [0.4, 0.5) is 0 Å². The van der Waals surface area contributed by atoms with Gasteiger partial charge in [-0.2, -0.15) is 0 Å². The summed E-state index contributed by atoms with van der Waals surface area (Å²) in [5.41, 5.74) is 4.14. The Bertz CT molecular complexity index is 640. The second kappa shape index (κ2) is 3.49. The Kier molecular flexibility index (Phi) is 2.11. The van der Waals surface area contributed by atoms with Crippen LogP contribution in [-0.2, 0) is 0 Å². The van der Waals surface area contributed by atoms with Crippen LogP contribution in [0.25, 0.3) is 22.4 Å². The monoisotopic (exact) mass is 276 g/mol. The van der Waals surface area contributed by atoms with E-state index in [1.54, 1.807) is 12.5 Å². The predicted octanol–water partition coefficient (Wildman–Crippen LogP) is 3.89. The number of hydrogen-bond donors (Lipinski definition) is 1. The lowest BCUT2D eigenvalue weighted by Gasteiger charge is -1.94. The number of nitrogens with zero attached hydrogens (tertiary/aromatic N) is 1. The van der Waals surface area contributed by atoms with Gasteiger partial charge in [0.2, 0.25) is 0 Å². The molecule has 3 nitrogen and oxygen atoms in total. The van der Waals surface area contributed by atoms with Crippen molar-refractivity contribution in [1.29, 1.82) is 0 Å². The van der Waals surface area contributed by atoms with Gasteiger partial charge in [0.25, 0.3) is 0 Å². The number of halogens is 1. The van der Waals surface area contributed by atoms with E-state index in [0.717, 1.165) is 32.5 Å². The number of hydrogen-bond acceptors (Lipinski definition) is 2. The Morgan fingerprint density at radius 2 is 2.25 bits per heavy atom. The minimum Gasteiger partial charge on any atom is -0.472 e. The number of aryl methyl sites for hydroxylation is 1. The van der Waals surface area contributed by atoms with Crippen LogP contribution in [0.5, 0.6) is 0 Å².